The summed E-state index contributed by atoms with van der Waals surface area (Å²) in [5, 5.41) is 0. The summed E-state index contributed by atoms with van der Waals surface area (Å²) < 4.78 is 48.7. The number of alkyl halides is 3. The minimum atomic E-state index is -4.41. The number of aryl methyl sites for hydroxylation is 2. The maximum atomic E-state index is 12.7. The molecule has 140 valence electrons. The minimum absolute atomic E-state index is 0.265. The zero-order chi connectivity index (χ0) is 19.4. The number of esters is 1. The highest BCUT2D eigenvalue weighted by Crippen LogP contribution is 2.32. The van der Waals surface area contributed by atoms with Crippen LogP contribution in [0, 0.1) is 0 Å². The molecule has 0 aliphatic carbocycles. The van der Waals surface area contributed by atoms with Crippen LogP contribution in [0.2, 0.25) is 0 Å². The molecule has 0 atom stereocenters. The number of hydrogen-bond acceptors (Lipinski definition) is 4. The quantitative estimate of drug-likeness (QED) is 0.593. The number of pyridine rings is 1. The van der Waals surface area contributed by atoms with Gasteiger partial charge in [0.2, 0.25) is 0 Å². The number of methoxy groups -OCH3 is 1. The molecule has 0 bridgehead atoms. The SMILES string of the molecule is COC(=O)c1cc(-c2ccc(C(F)(F)F)cc2)oc1CCc1ccncc1. The number of carbonyl (C=O) groups is 1. The lowest BCUT2D eigenvalue weighted by atomic mass is 10.1. The van der Waals surface area contributed by atoms with Crippen LogP contribution in [-0.4, -0.2) is 18.1 Å². The first-order valence-corrected chi connectivity index (χ1v) is 8.16. The van der Waals surface area contributed by atoms with Crippen LogP contribution >= 0.6 is 0 Å². The van der Waals surface area contributed by atoms with E-state index < -0.39 is 17.7 Å². The molecule has 0 N–H and O–H groups in total. The van der Waals surface area contributed by atoms with Crippen molar-refractivity contribution in [1.82, 2.24) is 4.98 Å². The van der Waals surface area contributed by atoms with Crippen molar-refractivity contribution in [3.63, 3.8) is 0 Å². The van der Waals surface area contributed by atoms with E-state index in [-0.39, 0.29) is 5.56 Å². The Bertz CT molecular complexity index is 916. The summed E-state index contributed by atoms with van der Waals surface area (Å²) in [5.41, 5.74) is 0.988. The molecular weight excluding hydrogens is 359 g/mol. The zero-order valence-electron chi connectivity index (χ0n) is 14.4. The van der Waals surface area contributed by atoms with E-state index in [0.717, 1.165) is 17.7 Å². The third-order valence-electron chi connectivity index (χ3n) is 4.10. The van der Waals surface area contributed by atoms with E-state index in [1.54, 1.807) is 12.4 Å². The molecule has 4 nitrogen and oxygen atoms in total. The van der Waals surface area contributed by atoms with Crippen LogP contribution < -0.4 is 0 Å². The normalized spacial score (nSPS) is 11.4. The highest BCUT2D eigenvalue weighted by atomic mass is 19.4. The fraction of sp³-hybridized carbons (Fsp3) is 0.200. The molecule has 0 aliphatic heterocycles. The number of benzene rings is 1. The molecule has 3 aromatic rings. The molecule has 0 fully saturated rings. The van der Waals surface area contributed by atoms with Gasteiger partial charge in [-0.25, -0.2) is 4.79 Å². The monoisotopic (exact) mass is 375 g/mol. The number of rotatable bonds is 5. The van der Waals surface area contributed by atoms with Gasteiger partial charge in [0.1, 0.15) is 17.1 Å². The van der Waals surface area contributed by atoms with Crippen molar-refractivity contribution in [2.45, 2.75) is 19.0 Å². The minimum Gasteiger partial charge on any atom is -0.465 e. The summed E-state index contributed by atoms with van der Waals surface area (Å²) >= 11 is 0. The Hall–Kier alpha value is -3.09. The van der Waals surface area contributed by atoms with Crippen LogP contribution in [0.1, 0.15) is 27.2 Å². The number of furan rings is 1. The van der Waals surface area contributed by atoms with Gasteiger partial charge in [0.25, 0.3) is 0 Å². The smallest absolute Gasteiger partial charge is 0.416 e. The Morgan fingerprint density at radius 3 is 2.33 bits per heavy atom. The topological polar surface area (TPSA) is 52.3 Å². The highest BCUT2D eigenvalue weighted by Gasteiger charge is 2.30. The number of carbonyl (C=O) groups excluding carboxylic acids is 1. The molecular formula is C20H16F3NO3. The van der Waals surface area contributed by atoms with Gasteiger partial charge in [-0.05, 0) is 42.3 Å². The van der Waals surface area contributed by atoms with Crippen molar-refractivity contribution in [2.75, 3.05) is 7.11 Å². The van der Waals surface area contributed by atoms with Gasteiger partial charge in [0.05, 0.1) is 12.7 Å². The van der Waals surface area contributed by atoms with E-state index in [4.69, 9.17) is 9.15 Å². The molecule has 0 aliphatic rings. The fourth-order valence-corrected chi connectivity index (χ4v) is 2.67. The number of halogens is 3. The summed E-state index contributed by atoms with van der Waals surface area (Å²) in [6.07, 6.45) is -0.00518. The average Bonchev–Trinajstić information content (AvgIpc) is 3.10. The molecule has 0 saturated heterocycles. The van der Waals surface area contributed by atoms with Gasteiger partial charge in [-0.2, -0.15) is 13.2 Å². The fourth-order valence-electron chi connectivity index (χ4n) is 2.67. The molecule has 0 spiro atoms. The van der Waals surface area contributed by atoms with Crippen LogP contribution in [0.15, 0.2) is 59.3 Å². The Balaban J connectivity index is 1.88. The highest BCUT2D eigenvalue weighted by molar-refractivity contribution is 5.91. The van der Waals surface area contributed by atoms with Crippen molar-refractivity contribution >= 4 is 5.97 Å². The van der Waals surface area contributed by atoms with Crippen molar-refractivity contribution < 1.29 is 27.1 Å². The maximum Gasteiger partial charge on any atom is 0.416 e. The summed E-state index contributed by atoms with van der Waals surface area (Å²) in [6.45, 7) is 0. The molecule has 2 aromatic heterocycles. The van der Waals surface area contributed by atoms with Crippen LogP contribution in [0.4, 0.5) is 13.2 Å². The Morgan fingerprint density at radius 2 is 1.74 bits per heavy atom. The van der Waals surface area contributed by atoms with Gasteiger partial charge in [0, 0.05) is 24.4 Å². The second kappa shape index (κ2) is 7.65. The third kappa shape index (κ3) is 4.36. The second-order valence-corrected chi connectivity index (χ2v) is 5.87. The molecule has 0 saturated carbocycles. The number of hydrogen-bond donors (Lipinski definition) is 0. The van der Waals surface area contributed by atoms with Gasteiger partial charge in [-0.3, -0.25) is 4.98 Å². The predicted octanol–water partition coefficient (Wildman–Crippen LogP) is 4.93. The number of aromatic nitrogens is 1. The maximum absolute atomic E-state index is 12.7. The van der Waals surface area contributed by atoms with Crippen molar-refractivity contribution in [2.24, 2.45) is 0 Å². The lowest BCUT2D eigenvalue weighted by Crippen LogP contribution is -2.04. The molecule has 3 rings (SSSR count). The average molecular weight is 375 g/mol. The van der Waals surface area contributed by atoms with Crippen LogP contribution in [0.25, 0.3) is 11.3 Å². The van der Waals surface area contributed by atoms with E-state index in [0.29, 0.717) is 29.9 Å². The molecule has 0 amide bonds. The molecule has 0 radical (unpaired) electrons. The summed E-state index contributed by atoms with van der Waals surface area (Å²) in [4.78, 5) is 16.0. The van der Waals surface area contributed by atoms with E-state index in [2.05, 4.69) is 4.98 Å². The Morgan fingerprint density at radius 1 is 1.07 bits per heavy atom. The zero-order valence-corrected chi connectivity index (χ0v) is 14.4. The molecule has 0 unspecified atom stereocenters. The number of ether oxygens (including phenoxy) is 1. The first kappa shape index (κ1) is 18.7. The lowest BCUT2D eigenvalue weighted by Gasteiger charge is -2.06. The standard InChI is InChI=1S/C20H16F3NO3/c1-26-19(25)16-12-18(14-3-5-15(6-4-14)20(21,22)23)27-17(16)7-2-13-8-10-24-11-9-13/h3-6,8-12H,2,7H2,1H3. The summed E-state index contributed by atoms with van der Waals surface area (Å²) in [5.74, 6) is 0.184. The van der Waals surface area contributed by atoms with E-state index in [1.165, 1.54) is 25.3 Å². The van der Waals surface area contributed by atoms with Gasteiger partial charge in [0.15, 0.2) is 0 Å². The Kier molecular flexibility index (Phi) is 5.30. The van der Waals surface area contributed by atoms with Gasteiger partial charge < -0.3 is 9.15 Å². The first-order valence-electron chi connectivity index (χ1n) is 8.16. The van der Waals surface area contributed by atoms with Crippen molar-refractivity contribution in [3.05, 3.63) is 77.3 Å². The number of nitrogens with zero attached hydrogens (tertiary/aromatic N) is 1. The van der Waals surface area contributed by atoms with Crippen molar-refractivity contribution in [3.8, 4) is 11.3 Å². The summed E-state index contributed by atoms with van der Waals surface area (Å²) in [6, 6.07) is 9.80. The van der Waals surface area contributed by atoms with Gasteiger partial charge >= 0.3 is 12.1 Å². The summed E-state index contributed by atoms with van der Waals surface area (Å²) in [7, 11) is 1.26. The van der Waals surface area contributed by atoms with E-state index >= 15 is 0 Å². The molecule has 1 aromatic carbocycles. The molecule has 7 heteroatoms. The van der Waals surface area contributed by atoms with Crippen LogP contribution in [-0.2, 0) is 23.8 Å². The van der Waals surface area contributed by atoms with Crippen LogP contribution in [0.3, 0.4) is 0 Å². The second-order valence-electron chi connectivity index (χ2n) is 5.87. The van der Waals surface area contributed by atoms with Gasteiger partial charge in [-0.1, -0.05) is 12.1 Å². The molecule has 2 heterocycles. The lowest BCUT2D eigenvalue weighted by molar-refractivity contribution is -0.137. The van der Waals surface area contributed by atoms with E-state index in [9.17, 15) is 18.0 Å². The largest absolute Gasteiger partial charge is 0.465 e. The van der Waals surface area contributed by atoms with Crippen molar-refractivity contribution in [1.29, 1.82) is 0 Å². The van der Waals surface area contributed by atoms with Crippen LogP contribution in [0.5, 0.6) is 0 Å². The predicted molar refractivity (Wildman–Crippen MR) is 92.1 cm³/mol. The first-order chi connectivity index (χ1) is 12.9. The van der Waals surface area contributed by atoms with Gasteiger partial charge in [-0.15, -0.1) is 0 Å². The Labute approximate surface area is 153 Å². The third-order valence-corrected chi connectivity index (χ3v) is 4.10. The molecule has 27 heavy (non-hydrogen) atoms. The van der Waals surface area contributed by atoms with E-state index in [1.807, 2.05) is 12.1 Å².